The number of carbonyl (C=O) groups excluding carboxylic acids is 2. The largest absolute Gasteiger partial charge is 0.493 e. The van der Waals surface area contributed by atoms with Gasteiger partial charge in [0.1, 0.15) is 12.6 Å². The summed E-state index contributed by atoms with van der Waals surface area (Å²) in [7, 11) is -1.27. The Labute approximate surface area is 255 Å². The molecule has 0 saturated carbocycles. The van der Waals surface area contributed by atoms with Crippen LogP contribution >= 0.6 is 0 Å². The monoisotopic (exact) mass is 609 g/mol. The van der Waals surface area contributed by atoms with Gasteiger partial charge in [-0.2, -0.15) is 0 Å². The molecule has 3 aromatic carbocycles. The van der Waals surface area contributed by atoms with Gasteiger partial charge in [-0.3, -0.25) is 13.9 Å². The van der Waals surface area contributed by atoms with Crippen LogP contribution in [0.2, 0.25) is 0 Å². The zero-order valence-electron chi connectivity index (χ0n) is 26.1. The van der Waals surface area contributed by atoms with Crippen LogP contribution in [0.15, 0.2) is 71.6 Å². The first-order chi connectivity index (χ1) is 20.4. The van der Waals surface area contributed by atoms with Crippen LogP contribution in [0, 0.1) is 13.8 Å². The van der Waals surface area contributed by atoms with Crippen molar-refractivity contribution in [1.29, 1.82) is 0 Å². The summed E-state index contributed by atoms with van der Waals surface area (Å²) < 4.78 is 40.1. The minimum absolute atomic E-state index is 0.0347. The van der Waals surface area contributed by atoms with Gasteiger partial charge in [-0.1, -0.05) is 61.4 Å². The third kappa shape index (κ3) is 8.28. The van der Waals surface area contributed by atoms with E-state index >= 15 is 0 Å². The third-order valence-electron chi connectivity index (χ3n) is 7.37. The smallest absolute Gasteiger partial charge is 0.264 e. The number of aryl methyl sites for hydroxylation is 2. The van der Waals surface area contributed by atoms with Gasteiger partial charge in [0.15, 0.2) is 11.5 Å². The second-order valence-corrected chi connectivity index (χ2v) is 12.5. The maximum Gasteiger partial charge on any atom is 0.264 e. The molecular weight excluding hydrogens is 566 g/mol. The molecule has 0 aromatic heterocycles. The van der Waals surface area contributed by atoms with E-state index in [1.807, 2.05) is 58.9 Å². The Morgan fingerprint density at radius 2 is 1.53 bits per heavy atom. The number of amides is 2. The molecule has 0 aliphatic heterocycles. The van der Waals surface area contributed by atoms with E-state index < -0.39 is 28.5 Å². The van der Waals surface area contributed by atoms with Crippen molar-refractivity contribution in [3.8, 4) is 11.5 Å². The van der Waals surface area contributed by atoms with Gasteiger partial charge in [-0.25, -0.2) is 8.42 Å². The van der Waals surface area contributed by atoms with Crippen LogP contribution in [0.25, 0.3) is 0 Å². The minimum atomic E-state index is -4.21. The fourth-order valence-corrected chi connectivity index (χ4v) is 6.12. The average Bonchev–Trinajstić information content (AvgIpc) is 2.99. The number of nitrogens with zero attached hydrogens (tertiary/aromatic N) is 2. The molecule has 0 aliphatic carbocycles. The van der Waals surface area contributed by atoms with E-state index in [-0.39, 0.29) is 29.1 Å². The fourth-order valence-electron chi connectivity index (χ4n) is 4.71. The van der Waals surface area contributed by atoms with Gasteiger partial charge in [0, 0.05) is 18.7 Å². The highest BCUT2D eigenvalue weighted by Crippen LogP contribution is 2.34. The molecule has 3 rings (SSSR count). The molecule has 0 saturated heterocycles. The molecule has 0 fully saturated rings. The standard InChI is InChI=1S/C33H43N3O6S/c1-8-25(5)34-33(38)29(9-2)35(21-26-12-10-11-24(4)19-26)32(37)22-36(27-15-18-30(41-6)31(20-27)42-7)43(39,40)28-16-13-23(3)14-17-28/h10-20,25,29H,8-9,21-22H2,1-7H3,(H,34,38). The van der Waals surface area contributed by atoms with Crippen molar-refractivity contribution in [2.75, 3.05) is 25.1 Å². The number of hydrogen-bond donors (Lipinski definition) is 1. The Morgan fingerprint density at radius 3 is 2.12 bits per heavy atom. The Balaban J connectivity index is 2.12. The molecule has 2 unspecified atom stereocenters. The predicted octanol–water partition coefficient (Wildman–Crippen LogP) is 5.24. The maximum absolute atomic E-state index is 14.3. The fraction of sp³-hybridized carbons (Fsp3) is 0.394. The molecule has 10 heteroatoms. The Kier molecular flexibility index (Phi) is 11.6. The number of carbonyl (C=O) groups is 2. The SMILES string of the molecule is CCC(C)NC(=O)C(CC)N(Cc1cccc(C)c1)C(=O)CN(c1ccc(OC)c(OC)c1)S(=O)(=O)c1ccc(C)cc1. The lowest BCUT2D eigenvalue weighted by Crippen LogP contribution is -2.53. The first-order valence-corrected chi connectivity index (χ1v) is 15.9. The first kappa shape index (κ1) is 33.5. The molecule has 1 N–H and O–H groups in total. The van der Waals surface area contributed by atoms with Crippen LogP contribution < -0.4 is 19.1 Å². The molecule has 0 aliphatic rings. The molecule has 2 amide bonds. The number of ether oxygens (including phenoxy) is 2. The van der Waals surface area contributed by atoms with Gasteiger partial charge >= 0.3 is 0 Å². The number of sulfonamides is 1. The molecular formula is C33H43N3O6S. The molecule has 9 nitrogen and oxygen atoms in total. The van der Waals surface area contributed by atoms with Crippen LogP contribution in [0.1, 0.15) is 50.3 Å². The number of methoxy groups -OCH3 is 2. The van der Waals surface area contributed by atoms with Crippen molar-refractivity contribution in [1.82, 2.24) is 10.2 Å². The lowest BCUT2D eigenvalue weighted by molar-refractivity contribution is -0.140. The van der Waals surface area contributed by atoms with E-state index in [4.69, 9.17) is 9.47 Å². The quantitative estimate of drug-likeness (QED) is 0.268. The van der Waals surface area contributed by atoms with Crippen LogP contribution in [-0.4, -0.2) is 58.0 Å². The predicted molar refractivity (Wildman–Crippen MR) is 169 cm³/mol. The normalized spacial score (nSPS) is 12.6. The average molecular weight is 610 g/mol. The number of benzene rings is 3. The highest BCUT2D eigenvalue weighted by Gasteiger charge is 2.34. The van der Waals surface area contributed by atoms with E-state index in [2.05, 4.69) is 5.32 Å². The summed E-state index contributed by atoms with van der Waals surface area (Å²) in [5.74, 6) is -0.0679. The number of hydrogen-bond acceptors (Lipinski definition) is 6. The Hall–Kier alpha value is -4.05. The van der Waals surface area contributed by atoms with Crippen molar-refractivity contribution in [3.05, 3.63) is 83.4 Å². The highest BCUT2D eigenvalue weighted by molar-refractivity contribution is 7.92. The van der Waals surface area contributed by atoms with E-state index in [1.54, 1.807) is 24.3 Å². The Bertz CT molecular complexity index is 1510. The second-order valence-electron chi connectivity index (χ2n) is 10.6. The summed E-state index contributed by atoms with van der Waals surface area (Å²) in [6.45, 7) is 9.14. The molecule has 0 spiro atoms. The summed E-state index contributed by atoms with van der Waals surface area (Å²) in [6, 6.07) is 17.9. The summed E-state index contributed by atoms with van der Waals surface area (Å²) in [5.41, 5.74) is 2.97. The third-order valence-corrected chi connectivity index (χ3v) is 9.15. The molecule has 0 bridgehead atoms. The first-order valence-electron chi connectivity index (χ1n) is 14.4. The molecule has 2 atom stereocenters. The molecule has 3 aromatic rings. The summed E-state index contributed by atoms with van der Waals surface area (Å²) in [4.78, 5) is 29.2. The van der Waals surface area contributed by atoms with Gasteiger partial charge < -0.3 is 19.7 Å². The molecule has 232 valence electrons. The van der Waals surface area contributed by atoms with Gasteiger partial charge in [0.2, 0.25) is 11.8 Å². The molecule has 0 radical (unpaired) electrons. The molecule has 0 heterocycles. The van der Waals surface area contributed by atoms with E-state index in [1.165, 1.54) is 37.3 Å². The number of anilines is 1. The van der Waals surface area contributed by atoms with Crippen LogP contribution in [0.4, 0.5) is 5.69 Å². The van der Waals surface area contributed by atoms with E-state index in [0.29, 0.717) is 17.9 Å². The topological polar surface area (TPSA) is 105 Å². The molecule has 43 heavy (non-hydrogen) atoms. The summed E-state index contributed by atoms with van der Waals surface area (Å²) in [6.07, 6.45) is 1.08. The number of nitrogens with one attached hydrogen (secondary N) is 1. The van der Waals surface area contributed by atoms with Crippen LogP contribution in [0.5, 0.6) is 11.5 Å². The van der Waals surface area contributed by atoms with Crippen LogP contribution in [0.3, 0.4) is 0 Å². The van der Waals surface area contributed by atoms with Crippen molar-refractivity contribution >= 4 is 27.5 Å². The van der Waals surface area contributed by atoms with Crippen molar-refractivity contribution in [3.63, 3.8) is 0 Å². The summed E-state index contributed by atoms with van der Waals surface area (Å²) in [5, 5.41) is 2.99. The van der Waals surface area contributed by atoms with Crippen molar-refractivity contribution in [2.24, 2.45) is 0 Å². The van der Waals surface area contributed by atoms with E-state index in [9.17, 15) is 18.0 Å². The lowest BCUT2D eigenvalue weighted by Gasteiger charge is -2.34. The summed E-state index contributed by atoms with van der Waals surface area (Å²) >= 11 is 0. The van der Waals surface area contributed by atoms with Gasteiger partial charge in [-0.05, 0) is 63.4 Å². The zero-order valence-corrected chi connectivity index (χ0v) is 26.9. The van der Waals surface area contributed by atoms with Crippen molar-refractivity contribution in [2.45, 2.75) is 71.0 Å². The number of rotatable bonds is 14. The lowest BCUT2D eigenvalue weighted by atomic mass is 10.1. The zero-order chi connectivity index (χ0) is 31.7. The van der Waals surface area contributed by atoms with E-state index in [0.717, 1.165) is 27.4 Å². The van der Waals surface area contributed by atoms with Crippen LogP contribution in [-0.2, 0) is 26.2 Å². The maximum atomic E-state index is 14.3. The van der Waals surface area contributed by atoms with Crippen molar-refractivity contribution < 1.29 is 27.5 Å². The minimum Gasteiger partial charge on any atom is -0.493 e. The van der Waals surface area contributed by atoms with Gasteiger partial charge in [0.25, 0.3) is 10.0 Å². The highest BCUT2D eigenvalue weighted by atomic mass is 32.2. The Morgan fingerprint density at radius 1 is 0.860 bits per heavy atom. The second kappa shape index (κ2) is 14.9. The van der Waals surface area contributed by atoms with Gasteiger partial charge in [-0.15, -0.1) is 0 Å². The van der Waals surface area contributed by atoms with Gasteiger partial charge in [0.05, 0.1) is 24.8 Å².